The Labute approximate surface area is 118 Å². The van der Waals surface area contributed by atoms with Gasteiger partial charge in [-0.25, -0.2) is 0 Å². The molecule has 0 aliphatic carbocycles. The van der Waals surface area contributed by atoms with Crippen LogP contribution in [0, 0.1) is 20.8 Å². The van der Waals surface area contributed by atoms with Crippen LogP contribution in [-0.2, 0) is 0 Å². The van der Waals surface area contributed by atoms with E-state index in [2.05, 4.69) is 57.1 Å². The van der Waals surface area contributed by atoms with Crippen LogP contribution in [0.3, 0.4) is 0 Å². The van der Waals surface area contributed by atoms with E-state index in [-0.39, 0.29) is 0 Å². The average molecular weight is 260 g/mol. The van der Waals surface area contributed by atoms with Crippen molar-refractivity contribution in [1.82, 2.24) is 10.2 Å². The van der Waals surface area contributed by atoms with Crippen LogP contribution in [0.2, 0.25) is 0 Å². The highest BCUT2D eigenvalue weighted by Crippen LogP contribution is 2.26. The van der Waals surface area contributed by atoms with Crippen molar-refractivity contribution >= 4 is 0 Å². The smallest absolute Gasteiger partial charge is 0.0452 e. The summed E-state index contributed by atoms with van der Waals surface area (Å²) >= 11 is 0. The van der Waals surface area contributed by atoms with Gasteiger partial charge in [0.2, 0.25) is 0 Å². The molecular weight excluding hydrogens is 232 g/mol. The van der Waals surface area contributed by atoms with E-state index in [1.807, 2.05) is 0 Å². The molecule has 0 aromatic heterocycles. The van der Waals surface area contributed by atoms with E-state index >= 15 is 0 Å². The second-order valence-electron chi connectivity index (χ2n) is 6.14. The lowest BCUT2D eigenvalue weighted by atomic mass is 9.93. The third-order valence-electron chi connectivity index (χ3n) is 4.54. The number of aryl methyl sites for hydroxylation is 3. The van der Waals surface area contributed by atoms with Crippen molar-refractivity contribution in [2.24, 2.45) is 0 Å². The summed E-state index contributed by atoms with van der Waals surface area (Å²) in [4.78, 5) is 2.62. The number of benzene rings is 1. The molecule has 106 valence electrons. The first kappa shape index (κ1) is 14.5. The maximum Gasteiger partial charge on any atom is 0.0452 e. The number of nitrogens with one attached hydrogen (secondary N) is 1. The zero-order valence-corrected chi connectivity index (χ0v) is 13.1. The molecule has 1 aromatic carbocycles. The van der Waals surface area contributed by atoms with Crippen LogP contribution in [0.4, 0.5) is 0 Å². The van der Waals surface area contributed by atoms with Crippen LogP contribution in [0.15, 0.2) is 12.1 Å². The van der Waals surface area contributed by atoms with Crippen LogP contribution >= 0.6 is 0 Å². The molecule has 1 N–H and O–H groups in total. The number of rotatable bonds is 4. The summed E-state index contributed by atoms with van der Waals surface area (Å²) in [5.74, 6) is 0. The Morgan fingerprint density at radius 2 is 1.89 bits per heavy atom. The molecule has 1 aromatic rings. The van der Waals surface area contributed by atoms with Crippen molar-refractivity contribution in [1.29, 1.82) is 0 Å². The third-order valence-corrected chi connectivity index (χ3v) is 4.54. The largest absolute Gasteiger partial charge is 0.312 e. The van der Waals surface area contributed by atoms with Crippen LogP contribution in [0.25, 0.3) is 0 Å². The molecule has 19 heavy (non-hydrogen) atoms. The van der Waals surface area contributed by atoms with Gasteiger partial charge in [-0.05, 0) is 70.8 Å². The molecule has 0 amide bonds. The minimum absolute atomic E-state index is 0.446. The van der Waals surface area contributed by atoms with Gasteiger partial charge in [0.15, 0.2) is 0 Å². The Hall–Kier alpha value is -0.860. The minimum atomic E-state index is 0.446. The van der Waals surface area contributed by atoms with E-state index in [1.165, 1.54) is 41.6 Å². The first-order valence-corrected chi connectivity index (χ1v) is 7.52. The Bertz CT molecular complexity index is 416. The molecule has 1 heterocycles. The first-order valence-electron chi connectivity index (χ1n) is 7.52. The number of nitrogens with zero attached hydrogens (tertiary/aromatic N) is 1. The van der Waals surface area contributed by atoms with E-state index in [9.17, 15) is 0 Å². The second kappa shape index (κ2) is 6.06. The molecule has 2 atom stereocenters. The molecule has 1 saturated heterocycles. The monoisotopic (exact) mass is 260 g/mol. The fourth-order valence-electron chi connectivity index (χ4n) is 3.57. The Morgan fingerprint density at radius 1 is 1.26 bits per heavy atom. The van der Waals surface area contributed by atoms with Crippen molar-refractivity contribution < 1.29 is 0 Å². The quantitative estimate of drug-likeness (QED) is 0.893. The zero-order chi connectivity index (χ0) is 14.0. The maximum absolute atomic E-state index is 3.53. The fraction of sp³-hybridized carbons (Fsp3) is 0.647. The zero-order valence-electron chi connectivity index (χ0n) is 13.1. The molecular formula is C17H28N2. The molecule has 0 saturated carbocycles. The molecule has 1 fully saturated rings. The Balaban J connectivity index is 2.22. The van der Waals surface area contributed by atoms with E-state index in [0.717, 1.165) is 12.6 Å². The van der Waals surface area contributed by atoms with Gasteiger partial charge in [0.25, 0.3) is 0 Å². The highest BCUT2D eigenvalue weighted by atomic mass is 15.2. The summed E-state index contributed by atoms with van der Waals surface area (Å²) in [5.41, 5.74) is 5.70. The van der Waals surface area contributed by atoms with Crippen molar-refractivity contribution in [2.45, 2.75) is 52.6 Å². The number of likely N-dealkylation sites (tertiary alicyclic amines) is 1. The van der Waals surface area contributed by atoms with Crippen LogP contribution < -0.4 is 5.32 Å². The molecule has 0 radical (unpaired) electrons. The van der Waals surface area contributed by atoms with E-state index in [4.69, 9.17) is 0 Å². The normalized spacial score (nSPS) is 21.8. The van der Waals surface area contributed by atoms with Gasteiger partial charge in [-0.15, -0.1) is 0 Å². The Kier molecular flexibility index (Phi) is 4.64. The maximum atomic E-state index is 3.53. The molecule has 2 heteroatoms. The van der Waals surface area contributed by atoms with E-state index in [1.54, 1.807) is 0 Å². The lowest BCUT2D eigenvalue weighted by Gasteiger charge is -2.29. The lowest BCUT2D eigenvalue weighted by Crippen LogP contribution is -2.36. The highest BCUT2D eigenvalue weighted by Gasteiger charge is 2.24. The standard InChI is InChI=1S/C17H28N2/c1-12-9-13(2)17(14(3)10-12)16(18-5)11-19-8-6-7-15(19)4/h9-10,15-16,18H,6-8,11H2,1-5H3. The summed E-state index contributed by atoms with van der Waals surface area (Å²) in [5, 5.41) is 3.53. The van der Waals surface area contributed by atoms with Crippen molar-refractivity contribution in [3.8, 4) is 0 Å². The molecule has 1 aliphatic heterocycles. The molecule has 2 unspecified atom stereocenters. The van der Waals surface area contributed by atoms with E-state index in [0.29, 0.717) is 6.04 Å². The van der Waals surface area contributed by atoms with Crippen LogP contribution in [-0.4, -0.2) is 31.1 Å². The first-order chi connectivity index (χ1) is 9.02. The van der Waals surface area contributed by atoms with Crippen LogP contribution in [0.1, 0.15) is 48.1 Å². The van der Waals surface area contributed by atoms with Crippen molar-refractivity contribution in [3.05, 3.63) is 34.4 Å². The van der Waals surface area contributed by atoms with Crippen molar-refractivity contribution in [3.63, 3.8) is 0 Å². The third kappa shape index (κ3) is 3.18. The predicted octanol–water partition coefficient (Wildman–Crippen LogP) is 3.36. The van der Waals surface area contributed by atoms with Gasteiger partial charge in [0.1, 0.15) is 0 Å². The van der Waals surface area contributed by atoms with Crippen molar-refractivity contribution in [2.75, 3.05) is 20.1 Å². The average Bonchev–Trinajstić information content (AvgIpc) is 2.72. The van der Waals surface area contributed by atoms with Gasteiger partial charge in [-0.2, -0.15) is 0 Å². The highest BCUT2D eigenvalue weighted by molar-refractivity contribution is 5.39. The predicted molar refractivity (Wildman–Crippen MR) is 82.7 cm³/mol. The minimum Gasteiger partial charge on any atom is -0.312 e. The summed E-state index contributed by atoms with van der Waals surface area (Å²) in [7, 11) is 2.09. The second-order valence-corrected chi connectivity index (χ2v) is 6.14. The molecule has 2 nitrogen and oxygen atoms in total. The lowest BCUT2D eigenvalue weighted by molar-refractivity contribution is 0.241. The van der Waals surface area contributed by atoms with Gasteiger partial charge < -0.3 is 5.32 Å². The Morgan fingerprint density at radius 3 is 2.37 bits per heavy atom. The molecule has 2 rings (SSSR count). The van der Waals surface area contributed by atoms with Gasteiger partial charge in [0.05, 0.1) is 0 Å². The number of hydrogen-bond acceptors (Lipinski definition) is 2. The van der Waals surface area contributed by atoms with E-state index < -0.39 is 0 Å². The number of likely N-dealkylation sites (N-methyl/N-ethyl adjacent to an activating group) is 1. The number of hydrogen-bond donors (Lipinski definition) is 1. The topological polar surface area (TPSA) is 15.3 Å². The summed E-state index contributed by atoms with van der Waals surface area (Å²) in [6, 6.07) is 5.79. The molecule has 0 bridgehead atoms. The fourth-order valence-corrected chi connectivity index (χ4v) is 3.57. The SMILES string of the molecule is CNC(CN1CCCC1C)c1c(C)cc(C)cc1C. The van der Waals surface area contributed by atoms with Gasteiger partial charge in [-0.3, -0.25) is 4.90 Å². The van der Waals surface area contributed by atoms with Gasteiger partial charge >= 0.3 is 0 Å². The van der Waals surface area contributed by atoms with Gasteiger partial charge in [-0.1, -0.05) is 17.7 Å². The van der Waals surface area contributed by atoms with Crippen LogP contribution in [0.5, 0.6) is 0 Å². The molecule has 0 spiro atoms. The summed E-state index contributed by atoms with van der Waals surface area (Å²) < 4.78 is 0. The molecule has 1 aliphatic rings. The summed E-state index contributed by atoms with van der Waals surface area (Å²) in [6.45, 7) is 11.4. The van der Waals surface area contributed by atoms with Gasteiger partial charge in [0, 0.05) is 18.6 Å². The summed E-state index contributed by atoms with van der Waals surface area (Å²) in [6.07, 6.45) is 2.70.